The Balaban J connectivity index is 2.07. The van der Waals surface area contributed by atoms with Gasteiger partial charge in [-0.15, -0.1) is 0 Å². The van der Waals surface area contributed by atoms with Crippen molar-refractivity contribution in [3.63, 3.8) is 0 Å². The highest BCUT2D eigenvalue weighted by Crippen LogP contribution is 2.32. The van der Waals surface area contributed by atoms with Gasteiger partial charge in [0.2, 0.25) is 0 Å². The third-order valence-corrected chi connectivity index (χ3v) is 3.33. The number of amides is 3. The molecule has 0 aliphatic heterocycles. The van der Waals surface area contributed by atoms with E-state index in [0.29, 0.717) is 5.75 Å². The average Bonchev–Trinajstić information content (AvgIpc) is 2.38. The molecule has 3 amide bonds. The molecule has 0 saturated heterocycles. The predicted octanol–water partition coefficient (Wildman–Crippen LogP) is 1.02. The van der Waals surface area contributed by atoms with E-state index in [4.69, 9.17) is 10.5 Å². The number of carbonyl (C=O) groups excluding carboxylic acids is 2. The second-order valence-electron chi connectivity index (χ2n) is 4.88. The molecule has 2 atom stereocenters. The Bertz CT molecular complexity index is 530. The van der Waals surface area contributed by atoms with E-state index in [0.717, 1.165) is 30.4 Å². The fourth-order valence-corrected chi connectivity index (χ4v) is 2.32. The first-order valence-electron chi connectivity index (χ1n) is 6.55. The van der Waals surface area contributed by atoms with E-state index in [-0.39, 0.29) is 0 Å². The molecule has 0 aromatic heterocycles. The van der Waals surface area contributed by atoms with Gasteiger partial charge in [-0.25, -0.2) is 4.79 Å². The molecule has 1 aliphatic rings. The monoisotopic (exact) mass is 278 g/mol. The maximum Gasteiger partial charge on any atom is 0.318 e. The van der Waals surface area contributed by atoms with Gasteiger partial charge >= 0.3 is 6.03 Å². The number of aryl methyl sites for hydroxylation is 1. The zero-order valence-corrected chi connectivity index (χ0v) is 11.3. The number of nitrogens with one attached hydrogen (secondary N) is 1. The normalized spacial score (nSPS) is 18.8. The summed E-state index contributed by atoms with van der Waals surface area (Å²) in [4.78, 5) is 22.1. The van der Waals surface area contributed by atoms with Crippen molar-refractivity contribution in [1.82, 2.24) is 5.32 Å². The molecule has 1 aromatic rings. The molecule has 2 rings (SSSR count). The number of imide groups is 1. The van der Waals surface area contributed by atoms with Crippen LogP contribution in [-0.4, -0.2) is 23.1 Å². The van der Waals surface area contributed by atoms with Crippen LogP contribution in [0.3, 0.4) is 0 Å². The lowest BCUT2D eigenvalue weighted by Crippen LogP contribution is -2.42. The van der Waals surface area contributed by atoms with Crippen LogP contribution in [0.1, 0.15) is 37.0 Å². The number of fused-ring (bicyclic) bond motifs is 1. The first-order valence-corrected chi connectivity index (χ1v) is 6.55. The van der Waals surface area contributed by atoms with Gasteiger partial charge in [0.25, 0.3) is 5.91 Å². The van der Waals surface area contributed by atoms with Gasteiger partial charge in [-0.05, 0) is 49.4 Å². The van der Waals surface area contributed by atoms with Crippen LogP contribution >= 0.6 is 0 Å². The number of aliphatic hydroxyl groups is 1. The summed E-state index contributed by atoms with van der Waals surface area (Å²) in [7, 11) is 0. The Morgan fingerprint density at radius 2 is 2.25 bits per heavy atom. The number of urea groups is 1. The van der Waals surface area contributed by atoms with Gasteiger partial charge < -0.3 is 15.6 Å². The smallest absolute Gasteiger partial charge is 0.318 e. The van der Waals surface area contributed by atoms with E-state index in [1.165, 1.54) is 6.92 Å². The minimum Gasteiger partial charge on any atom is -0.481 e. The van der Waals surface area contributed by atoms with Crippen LogP contribution in [0.2, 0.25) is 0 Å². The SMILES string of the molecule is CC(Oc1ccc2c(c1)CCCC2O)C(=O)NC(N)=O. The molecule has 4 N–H and O–H groups in total. The van der Waals surface area contributed by atoms with Crippen molar-refractivity contribution < 1.29 is 19.4 Å². The molecular weight excluding hydrogens is 260 g/mol. The summed E-state index contributed by atoms with van der Waals surface area (Å²) in [6, 6.07) is 4.44. The predicted molar refractivity (Wildman–Crippen MR) is 72.2 cm³/mol. The second kappa shape index (κ2) is 5.92. The van der Waals surface area contributed by atoms with Crippen LogP contribution in [0, 0.1) is 0 Å². The van der Waals surface area contributed by atoms with Crippen molar-refractivity contribution in [2.75, 3.05) is 0 Å². The number of nitrogens with two attached hydrogens (primary N) is 1. The van der Waals surface area contributed by atoms with Gasteiger partial charge in [-0.1, -0.05) is 6.07 Å². The van der Waals surface area contributed by atoms with E-state index in [2.05, 4.69) is 0 Å². The van der Waals surface area contributed by atoms with Crippen molar-refractivity contribution in [3.8, 4) is 5.75 Å². The number of hydrogen-bond acceptors (Lipinski definition) is 4. The topological polar surface area (TPSA) is 102 Å². The summed E-state index contributed by atoms with van der Waals surface area (Å²) >= 11 is 0. The summed E-state index contributed by atoms with van der Waals surface area (Å²) < 4.78 is 5.48. The minimum absolute atomic E-state index is 0.427. The Hall–Kier alpha value is -2.08. The van der Waals surface area contributed by atoms with Crippen LogP contribution in [0.25, 0.3) is 0 Å². The van der Waals surface area contributed by atoms with Crippen LogP contribution < -0.4 is 15.8 Å². The molecule has 0 bridgehead atoms. The lowest BCUT2D eigenvalue weighted by Gasteiger charge is -2.22. The maximum atomic E-state index is 11.5. The fourth-order valence-electron chi connectivity index (χ4n) is 2.32. The van der Waals surface area contributed by atoms with Crippen molar-refractivity contribution in [1.29, 1.82) is 0 Å². The van der Waals surface area contributed by atoms with Gasteiger partial charge in [0, 0.05) is 0 Å². The van der Waals surface area contributed by atoms with E-state index < -0.39 is 24.1 Å². The molecule has 0 heterocycles. The van der Waals surface area contributed by atoms with E-state index in [9.17, 15) is 14.7 Å². The van der Waals surface area contributed by atoms with Crippen LogP contribution in [-0.2, 0) is 11.2 Å². The van der Waals surface area contributed by atoms with Crippen molar-refractivity contribution in [2.24, 2.45) is 5.73 Å². The molecule has 1 aliphatic carbocycles. The molecule has 0 fully saturated rings. The van der Waals surface area contributed by atoms with Crippen molar-refractivity contribution in [3.05, 3.63) is 29.3 Å². The van der Waals surface area contributed by atoms with Crippen LogP contribution in [0.5, 0.6) is 5.75 Å². The summed E-state index contributed by atoms with van der Waals surface area (Å²) in [6.45, 7) is 1.53. The number of carbonyl (C=O) groups is 2. The third kappa shape index (κ3) is 3.27. The Morgan fingerprint density at radius 1 is 1.50 bits per heavy atom. The third-order valence-electron chi connectivity index (χ3n) is 3.33. The molecular formula is C14H18N2O4. The largest absolute Gasteiger partial charge is 0.481 e. The Morgan fingerprint density at radius 3 is 2.95 bits per heavy atom. The summed E-state index contributed by atoms with van der Waals surface area (Å²) in [5, 5.41) is 11.8. The van der Waals surface area contributed by atoms with Crippen LogP contribution in [0.15, 0.2) is 18.2 Å². The van der Waals surface area contributed by atoms with Gasteiger partial charge in [-0.3, -0.25) is 10.1 Å². The molecule has 0 saturated carbocycles. The lowest BCUT2D eigenvalue weighted by molar-refractivity contribution is -0.126. The molecule has 2 unspecified atom stereocenters. The lowest BCUT2D eigenvalue weighted by atomic mass is 9.89. The number of rotatable bonds is 3. The first-order chi connectivity index (χ1) is 9.47. The summed E-state index contributed by atoms with van der Waals surface area (Å²) in [6.07, 6.45) is 1.32. The second-order valence-corrected chi connectivity index (χ2v) is 4.88. The van der Waals surface area contributed by atoms with Gasteiger partial charge in [0.1, 0.15) is 5.75 Å². The highest BCUT2D eigenvalue weighted by molar-refractivity contribution is 5.95. The van der Waals surface area contributed by atoms with Gasteiger partial charge in [0.15, 0.2) is 6.10 Å². The maximum absolute atomic E-state index is 11.5. The van der Waals surface area contributed by atoms with Gasteiger partial charge in [0.05, 0.1) is 6.10 Å². The summed E-state index contributed by atoms with van der Waals surface area (Å²) in [5.74, 6) is -0.0553. The van der Waals surface area contributed by atoms with Gasteiger partial charge in [-0.2, -0.15) is 0 Å². The van der Waals surface area contributed by atoms with E-state index in [1.54, 1.807) is 6.07 Å². The quantitative estimate of drug-likeness (QED) is 0.768. The Labute approximate surface area is 116 Å². The molecule has 108 valence electrons. The molecule has 6 nitrogen and oxygen atoms in total. The first kappa shape index (κ1) is 14.3. The molecule has 20 heavy (non-hydrogen) atoms. The average molecular weight is 278 g/mol. The standard InChI is InChI=1S/C14H18N2O4/c1-8(13(18)16-14(15)19)20-10-5-6-11-9(7-10)3-2-4-12(11)17/h5-8,12,17H,2-4H2,1H3,(H3,15,16,18,19). The Kier molecular flexibility index (Phi) is 4.24. The van der Waals surface area contributed by atoms with Crippen molar-refractivity contribution in [2.45, 2.75) is 38.4 Å². The minimum atomic E-state index is -0.904. The molecule has 0 spiro atoms. The number of hydrogen-bond donors (Lipinski definition) is 3. The zero-order chi connectivity index (χ0) is 14.7. The zero-order valence-electron chi connectivity index (χ0n) is 11.3. The summed E-state index contributed by atoms with van der Waals surface area (Å²) in [5.41, 5.74) is 6.82. The fraction of sp³-hybridized carbons (Fsp3) is 0.429. The van der Waals surface area contributed by atoms with Crippen LogP contribution in [0.4, 0.5) is 4.79 Å². The molecule has 1 aromatic carbocycles. The van der Waals surface area contributed by atoms with Crippen molar-refractivity contribution >= 4 is 11.9 Å². The van der Waals surface area contributed by atoms with E-state index in [1.807, 2.05) is 17.4 Å². The highest BCUT2D eigenvalue weighted by atomic mass is 16.5. The number of benzene rings is 1. The highest BCUT2D eigenvalue weighted by Gasteiger charge is 2.20. The number of aliphatic hydroxyl groups excluding tert-OH is 1. The number of ether oxygens (including phenoxy) is 1. The number of primary amides is 1. The molecule has 6 heteroatoms. The molecule has 0 radical (unpaired) electrons. The van der Waals surface area contributed by atoms with E-state index >= 15 is 0 Å².